The Labute approximate surface area is 150 Å². The number of rotatable bonds is 2. The summed E-state index contributed by atoms with van der Waals surface area (Å²) < 4.78 is 0. The Morgan fingerprint density at radius 3 is 2.72 bits per heavy atom. The van der Waals surface area contributed by atoms with Gasteiger partial charge in [-0.2, -0.15) is 0 Å². The summed E-state index contributed by atoms with van der Waals surface area (Å²) in [5.74, 6) is 1.88. The lowest BCUT2D eigenvalue weighted by molar-refractivity contribution is -0.136. The molecule has 3 nitrogen and oxygen atoms in total. The van der Waals surface area contributed by atoms with E-state index in [1.165, 1.54) is 5.57 Å². The Balaban J connectivity index is 1.71. The van der Waals surface area contributed by atoms with Gasteiger partial charge in [-0.25, -0.2) is 0 Å². The van der Waals surface area contributed by atoms with Crippen molar-refractivity contribution in [1.82, 2.24) is 0 Å². The van der Waals surface area contributed by atoms with Crippen LogP contribution in [0.3, 0.4) is 0 Å². The molecule has 4 aliphatic carbocycles. The number of fused-ring (bicyclic) bond motifs is 5. The first-order valence-corrected chi connectivity index (χ1v) is 9.90. The molecule has 0 aromatic carbocycles. The van der Waals surface area contributed by atoms with Gasteiger partial charge in [-0.15, -0.1) is 0 Å². The maximum atomic E-state index is 11.8. The monoisotopic (exact) mass is 342 g/mol. The van der Waals surface area contributed by atoms with Gasteiger partial charge in [0.15, 0.2) is 5.78 Å². The molecule has 0 spiro atoms. The van der Waals surface area contributed by atoms with Crippen LogP contribution in [0.5, 0.6) is 0 Å². The number of aldehydes is 1. The minimum absolute atomic E-state index is 0.0167. The van der Waals surface area contributed by atoms with Crippen molar-refractivity contribution in [2.45, 2.75) is 59.0 Å². The van der Waals surface area contributed by atoms with Crippen molar-refractivity contribution in [2.24, 2.45) is 40.4 Å². The average molecular weight is 342 g/mol. The lowest BCUT2D eigenvalue weighted by Crippen LogP contribution is -2.56. The predicted octanol–water partition coefficient (Wildman–Crippen LogP) is 3.72. The first-order chi connectivity index (χ1) is 11.8. The summed E-state index contributed by atoms with van der Waals surface area (Å²) in [7, 11) is 0. The van der Waals surface area contributed by atoms with E-state index < -0.39 is 0 Å². The number of allylic oxidation sites excluding steroid dienone is 4. The highest BCUT2D eigenvalue weighted by Gasteiger charge is 2.62. The SMILES string of the molecule is C[C@H](C=O)[C@H]1CC[C@H]2[C@@H]3CCC4=CC(=O)C=C[C@]4(C)[C@H]3C[C@@H](O)[C@]12C. The van der Waals surface area contributed by atoms with E-state index in [-0.39, 0.29) is 28.6 Å². The normalized spacial score (nSPS) is 49.7. The zero-order valence-electron chi connectivity index (χ0n) is 15.6. The quantitative estimate of drug-likeness (QED) is 0.778. The average Bonchev–Trinajstić information content (AvgIpc) is 2.95. The highest BCUT2D eigenvalue weighted by Crippen LogP contribution is 2.66. The van der Waals surface area contributed by atoms with Crippen LogP contribution >= 0.6 is 0 Å². The van der Waals surface area contributed by atoms with Gasteiger partial charge in [0.1, 0.15) is 6.29 Å². The lowest BCUT2D eigenvalue weighted by atomic mass is 9.46. The number of ketones is 1. The van der Waals surface area contributed by atoms with Gasteiger partial charge in [0.05, 0.1) is 6.10 Å². The molecule has 3 fully saturated rings. The molecule has 0 aromatic heterocycles. The first kappa shape index (κ1) is 17.2. The Kier molecular flexibility index (Phi) is 3.88. The van der Waals surface area contributed by atoms with Gasteiger partial charge in [-0.1, -0.05) is 32.4 Å². The molecule has 8 atom stereocenters. The molecule has 0 heterocycles. The van der Waals surface area contributed by atoms with Crippen molar-refractivity contribution in [2.75, 3.05) is 0 Å². The number of carbonyl (C=O) groups excluding carboxylic acids is 2. The Bertz CT molecular complexity index is 662. The Hall–Kier alpha value is -1.22. The fourth-order valence-electron chi connectivity index (χ4n) is 7.15. The second-order valence-corrected chi connectivity index (χ2v) is 9.40. The van der Waals surface area contributed by atoms with E-state index in [0.717, 1.165) is 38.4 Å². The van der Waals surface area contributed by atoms with E-state index in [9.17, 15) is 14.7 Å². The summed E-state index contributed by atoms with van der Waals surface area (Å²) in [5, 5.41) is 11.2. The first-order valence-electron chi connectivity index (χ1n) is 9.90. The number of hydrogen-bond donors (Lipinski definition) is 1. The van der Waals surface area contributed by atoms with E-state index in [2.05, 4.69) is 19.9 Å². The molecule has 0 unspecified atom stereocenters. The minimum Gasteiger partial charge on any atom is -0.393 e. The second-order valence-electron chi connectivity index (χ2n) is 9.40. The van der Waals surface area contributed by atoms with E-state index in [1.807, 2.05) is 13.0 Å². The smallest absolute Gasteiger partial charge is 0.178 e. The summed E-state index contributed by atoms with van der Waals surface area (Å²) in [5.41, 5.74) is 1.02. The van der Waals surface area contributed by atoms with Crippen LogP contribution in [0.15, 0.2) is 23.8 Å². The second kappa shape index (κ2) is 5.64. The number of hydrogen-bond acceptors (Lipinski definition) is 3. The maximum Gasteiger partial charge on any atom is 0.178 e. The minimum atomic E-state index is -0.365. The van der Waals surface area contributed by atoms with Crippen LogP contribution in [-0.2, 0) is 9.59 Å². The van der Waals surface area contributed by atoms with Crippen LogP contribution in [0, 0.1) is 40.4 Å². The van der Waals surface area contributed by atoms with Crippen LogP contribution in [0.1, 0.15) is 52.9 Å². The molecular formula is C22H30O3. The van der Waals surface area contributed by atoms with Crippen molar-refractivity contribution in [3.8, 4) is 0 Å². The van der Waals surface area contributed by atoms with Crippen LogP contribution < -0.4 is 0 Å². The van der Waals surface area contributed by atoms with Gasteiger partial charge in [-0.05, 0) is 67.9 Å². The van der Waals surface area contributed by atoms with Gasteiger partial charge in [0, 0.05) is 16.7 Å². The van der Waals surface area contributed by atoms with Gasteiger partial charge < -0.3 is 9.90 Å². The van der Waals surface area contributed by atoms with Crippen LogP contribution in [0.2, 0.25) is 0 Å². The molecule has 136 valence electrons. The highest BCUT2D eigenvalue weighted by atomic mass is 16.3. The molecule has 0 radical (unpaired) electrons. The molecule has 0 aliphatic heterocycles. The molecule has 4 aliphatic rings. The van der Waals surface area contributed by atoms with Crippen molar-refractivity contribution in [1.29, 1.82) is 0 Å². The summed E-state index contributed by atoms with van der Waals surface area (Å²) in [6, 6.07) is 0. The summed E-state index contributed by atoms with van der Waals surface area (Å²) >= 11 is 0. The topological polar surface area (TPSA) is 54.4 Å². The molecule has 25 heavy (non-hydrogen) atoms. The molecule has 3 heteroatoms. The molecule has 0 saturated heterocycles. The summed E-state index contributed by atoms with van der Waals surface area (Å²) in [6.45, 7) is 6.52. The summed E-state index contributed by atoms with van der Waals surface area (Å²) in [4.78, 5) is 23.3. The van der Waals surface area contributed by atoms with Gasteiger partial charge in [0.2, 0.25) is 0 Å². The largest absolute Gasteiger partial charge is 0.393 e. The predicted molar refractivity (Wildman–Crippen MR) is 96.7 cm³/mol. The van der Waals surface area contributed by atoms with E-state index in [0.29, 0.717) is 23.7 Å². The van der Waals surface area contributed by atoms with Crippen molar-refractivity contribution in [3.63, 3.8) is 0 Å². The standard InChI is InChI=1S/C22H30O3/c1-13(12-23)17-6-7-18-16-5-4-14-10-15(24)8-9-21(14,2)19(16)11-20(25)22(17,18)3/h8-10,12-13,16-20,25H,4-7,11H2,1-3H3/t13-,16+,17-,18+,19+,20-,21+,22-/m1/s1. The molecular weight excluding hydrogens is 312 g/mol. The lowest BCUT2D eigenvalue weighted by Gasteiger charge is -2.59. The fraction of sp³-hybridized carbons (Fsp3) is 0.727. The van der Waals surface area contributed by atoms with Gasteiger partial charge in [-0.3, -0.25) is 4.79 Å². The number of carbonyl (C=O) groups is 2. The van der Waals surface area contributed by atoms with E-state index in [1.54, 1.807) is 6.08 Å². The van der Waals surface area contributed by atoms with E-state index >= 15 is 0 Å². The van der Waals surface area contributed by atoms with Crippen LogP contribution in [-0.4, -0.2) is 23.3 Å². The molecule has 0 aromatic rings. The molecule has 3 saturated carbocycles. The summed E-state index contributed by atoms with van der Waals surface area (Å²) in [6.07, 6.45) is 11.4. The number of aliphatic hydroxyl groups excluding tert-OH is 1. The zero-order chi connectivity index (χ0) is 18.0. The number of aliphatic hydroxyl groups is 1. The van der Waals surface area contributed by atoms with Crippen molar-refractivity contribution in [3.05, 3.63) is 23.8 Å². The third kappa shape index (κ3) is 2.21. The molecule has 0 bridgehead atoms. The van der Waals surface area contributed by atoms with Crippen LogP contribution in [0.4, 0.5) is 0 Å². The molecule has 0 amide bonds. The van der Waals surface area contributed by atoms with Crippen molar-refractivity contribution >= 4 is 12.1 Å². The Morgan fingerprint density at radius 1 is 1.24 bits per heavy atom. The maximum absolute atomic E-state index is 11.8. The van der Waals surface area contributed by atoms with Crippen LogP contribution in [0.25, 0.3) is 0 Å². The third-order valence-electron chi connectivity index (χ3n) is 8.58. The van der Waals surface area contributed by atoms with Gasteiger partial charge in [0.25, 0.3) is 0 Å². The van der Waals surface area contributed by atoms with Gasteiger partial charge >= 0.3 is 0 Å². The molecule has 4 rings (SSSR count). The molecule has 1 N–H and O–H groups in total. The fourth-order valence-corrected chi connectivity index (χ4v) is 7.15. The third-order valence-corrected chi connectivity index (χ3v) is 8.58. The van der Waals surface area contributed by atoms with Crippen molar-refractivity contribution < 1.29 is 14.7 Å². The Morgan fingerprint density at radius 2 is 2.00 bits per heavy atom. The highest BCUT2D eigenvalue weighted by molar-refractivity contribution is 6.01. The van der Waals surface area contributed by atoms with E-state index in [4.69, 9.17) is 0 Å². The zero-order valence-corrected chi connectivity index (χ0v) is 15.6.